The van der Waals surface area contributed by atoms with E-state index in [1.165, 1.54) is 19.3 Å². The highest BCUT2D eigenvalue weighted by atomic mass is 16.3. The summed E-state index contributed by atoms with van der Waals surface area (Å²) in [6, 6.07) is 0. The van der Waals surface area contributed by atoms with Crippen molar-refractivity contribution in [1.29, 1.82) is 0 Å². The van der Waals surface area contributed by atoms with Gasteiger partial charge >= 0.3 is 0 Å². The maximum atomic E-state index is 11.3. The Morgan fingerprint density at radius 1 is 0.840 bits per heavy atom. The lowest BCUT2D eigenvalue weighted by Gasteiger charge is -2.65. The van der Waals surface area contributed by atoms with Gasteiger partial charge in [-0.3, -0.25) is 0 Å². The molecule has 0 aromatic rings. The van der Waals surface area contributed by atoms with E-state index in [1.54, 1.807) is 6.92 Å². The predicted octanol–water partition coefficient (Wildman–Crippen LogP) is 3.89. The first-order valence-electron chi connectivity index (χ1n) is 10.7. The van der Waals surface area contributed by atoms with Crippen LogP contribution < -0.4 is 0 Å². The molecule has 0 radical (unpaired) electrons. The van der Waals surface area contributed by atoms with Crippen molar-refractivity contribution < 1.29 is 15.3 Å². The van der Waals surface area contributed by atoms with Crippen molar-refractivity contribution in [3.63, 3.8) is 0 Å². The lowest BCUT2D eigenvalue weighted by atomic mass is 9.40. The van der Waals surface area contributed by atoms with Gasteiger partial charge in [-0.2, -0.15) is 0 Å². The monoisotopic (exact) mass is 350 g/mol. The van der Waals surface area contributed by atoms with E-state index < -0.39 is 11.7 Å². The van der Waals surface area contributed by atoms with Gasteiger partial charge in [-0.25, -0.2) is 0 Å². The average Bonchev–Trinajstić information content (AvgIpc) is 2.82. The minimum absolute atomic E-state index is 0.115. The molecule has 0 spiro atoms. The molecule has 9 atom stereocenters. The normalized spacial score (nSPS) is 59.6. The largest absolute Gasteiger partial charge is 0.393 e. The van der Waals surface area contributed by atoms with Crippen LogP contribution in [0.4, 0.5) is 0 Å². The summed E-state index contributed by atoms with van der Waals surface area (Å²) in [7, 11) is 0. The number of aliphatic hydroxyl groups is 3. The summed E-state index contributed by atoms with van der Waals surface area (Å²) in [4.78, 5) is 0. The van der Waals surface area contributed by atoms with Crippen molar-refractivity contribution >= 4 is 0 Å². The van der Waals surface area contributed by atoms with E-state index in [2.05, 4.69) is 20.8 Å². The average molecular weight is 351 g/mol. The molecule has 4 fully saturated rings. The van der Waals surface area contributed by atoms with E-state index >= 15 is 0 Å². The molecule has 0 aliphatic heterocycles. The third-order valence-corrected chi connectivity index (χ3v) is 10.3. The van der Waals surface area contributed by atoms with E-state index in [4.69, 9.17) is 0 Å². The quantitative estimate of drug-likeness (QED) is 0.672. The summed E-state index contributed by atoms with van der Waals surface area (Å²) in [5.41, 5.74) is -0.464. The second kappa shape index (κ2) is 5.45. The molecular formula is C22H38O3. The summed E-state index contributed by atoms with van der Waals surface area (Å²) in [6.07, 6.45) is 8.78. The van der Waals surface area contributed by atoms with Crippen molar-refractivity contribution in [3.8, 4) is 0 Å². The minimum Gasteiger partial charge on any atom is -0.393 e. The Balaban J connectivity index is 1.67. The van der Waals surface area contributed by atoms with E-state index in [-0.39, 0.29) is 16.9 Å². The highest BCUT2D eigenvalue weighted by Crippen LogP contribution is 2.71. The molecule has 0 aromatic heterocycles. The van der Waals surface area contributed by atoms with Gasteiger partial charge in [0.2, 0.25) is 0 Å². The number of rotatable bonds is 1. The van der Waals surface area contributed by atoms with Crippen LogP contribution in [-0.4, -0.2) is 33.1 Å². The lowest BCUT2D eigenvalue weighted by molar-refractivity contribution is -0.203. The van der Waals surface area contributed by atoms with Crippen LogP contribution >= 0.6 is 0 Å². The molecule has 8 unspecified atom stereocenters. The third-order valence-electron chi connectivity index (χ3n) is 10.3. The van der Waals surface area contributed by atoms with E-state index in [9.17, 15) is 15.3 Å². The molecule has 3 heteroatoms. The smallest absolute Gasteiger partial charge is 0.0958 e. The zero-order chi connectivity index (χ0) is 18.3. The SMILES string of the molecule is CC(O)C1(O)CCC2C3CC[C@@]4(C)CC(O)CCC4(C)C3CCC21C. The number of hydrogen-bond acceptors (Lipinski definition) is 3. The maximum absolute atomic E-state index is 11.3. The van der Waals surface area contributed by atoms with Crippen molar-refractivity contribution in [1.82, 2.24) is 0 Å². The third kappa shape index (κ3) is 2.15. The Morgan fingerprint density at radius 3 is 2.12 bits per heavy atom. The van der Waals surface area contributed by atoms with Gasteiger partial charge in [0.15, 0.2) is 0 Å². The van der Waals surface area contributed by atoms with Crippen molar-refractivity contribution in [3.05, 3.63) is 0 Å². The summed E-state index contributed by atoms with van der Waals surface area (Å²) in [5, 5.41) is 31.9. The van der Waals surface area contributed by atoms with E-state index in [1.807, 2.05) is 0 Å². The summed E-state index contributed by atoms with van der Waals surface area (Å²) >= 11 is 0. The van der Waals surface area contributed by atoms with Gasteiger partial charge in [0.05, 0.1) is 17.8 Å². The van der Waals surface area contributed by atoms with Gasteiger partial charge in [-0.1, -0.05) is 20.8 Å². The first kappa shape index (κ1) is 18.3. The van der Waals surface area contributed by atoms with Crippen LogP contribution in [0, 0.1) is 34.0 Å². The molecule has 4 aliphatic carbocycles. The molecule has 144 valence electrons. The van der Waals surface area contributed by atoms with Gasteiger partial charge in [-0.15, -0.1) is 0 Å². The molecular weight excluding hydrogens is 312 g/mol. The summed E-state index contributed by atoms with van der Waals surface area (Å²) in [6.45, 7) is 8.98. The summed E-state index contributed by atoms with van der Waals surface area (Å²) in [5.74, 6) is 1.94. The Bertz CT molecular complexity index is 547. The van der Waals surface area contributed by atoms with Crippen LogP contribution in [0.5, 0.6) is 0 Å². The number of hydrogen-bond donors (Lipinski definition) is 3. The van der Waals surface area contributed by atoms with Crippen molar-refractivity contribution in [2.24, 2.45) is 34.0 Å². The molecule has 4 aliphatic rings. The summed E-state index contributed by atoms with van der Waals surface area (Å²) < 4.78 is 0. The molecule has 25 heavy (non-hydrogen) atoms. The first-order valence-corrected chi connectivity index (χ1v) is 10.7. The predicted molar refractivity (Wildman–Crippen MR) is 99.0 cm³/mol. The van der Waals surface area contributed by atoms with Gasteiger partial charge in [-0.05, 0) is 93.3 Å². The van der Waals surface area contributed by atoms with Gasteiger partial charge in [0, 0.05) is 5.41 Å². The Labute approximate surface area is 153 Å². The van der Waals surface area contributed by atoms with Crippen LogP contribution in [0.1, 0.15) is 85.5 Å². The fraction of sp³-hybridized carbons (Fsp3) is 1.00. The molecule has 0 heterocycles. The second-order valence-corrected chi connectivity index (χ2v) is 10.9. The number of aliphatic hydroxyl groups excluding tert-OH is 2. The van der Waals surface area contributed by atoms with Crippen LogP contribution in [0.15, 0.2) is 0 Å². The van der Waals surface area contributed by atoms with Gasteiger partial charge < -0.3 is 15.3 Å². The van der Waals surface area contributed by atoms with Crippen LogP contribution in [0.2, 0.25) is 0 Å². The van der Waals surface area contributed by atoms with E-state index in [0.29, 0.717) is 23.2 Å². The fourth-order valence-corrected chi connectivity index (χ4v) is 8.35. The van der Waals surface area contributed by atoms with Crippen LogP contribution in [0.3, 0.4) is 0 Å². The molecule has 3 nitrogen and oxygen atoms in total. The molecule has 3 N–H and O–H groups in total. The molecule has 0 saturated heterocycles. The van der Waals surface area contributed by atoms with Crippen molar-refractivity contribution in [2.45, 2.75) is 103 Å². The molecule has 0 aromatic carbocycles. The highest BCUT2D eigenvalue weighted by molar-refractivity contribution is 5.16. The lowest BCUT2D eigenvalue weighted by Crippen LogP contribution is -2.61. The Kier molecular flexibility index (Phi) is 3.98. The van der Waals surface area contributed by atoms with Gasteiger partial charge in [0.1, 0.15) is 0 Å². The van der Waals surface area contributed by atoms with Crippen molar-refractivity contribution in [2.75, 3.05) is 0 Å². The standard InChI is InChI=1S/C22H38O3/c1-14(23)22(25)12-8-18-16-6-9-19(2)13-15(24)5-10-20(19,3)17(16)7-11-21(18,22)4/h14-18,23-25H,5-13H2,1-4H3/t14?,15?,16?,17?,18?,19-,20?,21?,22?/m0/s1. The zero-order valence-electron chi connectivity index (χ0n) is 16.6. The fourth-order valence-electron chi connectivity index (χ4n) is 8.35. The highest BCUT2D eigenvalue weighted by Gasteiger charge is 2.67. The maximum Gasteiger partial charge on any atom is 0.0958 e. The second-order valence-electron chi connectivity index (χ2n) is 10.9. The van der Waals surface area contributed by atoms with E-state index in [0.717, 1.165) is 38.5 Å². The first-order chi connectivity index (χ1) is 11.6. The zero-order valence-corrected chi connectivity index (χ0v) is 16.6. The van der Waals surface area contributed by atoms with Crippen LogP contribution in [0.25, 0.3) is 0 Å². The minimum atomic E-state index is -0.910. The van der Waals surface area contributed by atoms with Crippen LogP contribution in [-0.2, 0) is 0 Å². The Hall–Kier alpha value is -0.120. The van der Waals surface area contributed by atoms with Gasteiger partial charge in [0.25, 0.3) is 0 Å². The molecule has 4 rings (SSSR count). The topological polar surface area (TPSA) is 60.7 Å². The molecule has 4 saturated carbocycles. The molecule has 0 amide bonds. The number of fused-ring (bicyclic) bond motifs is 5. The Morgan fingerprint density at radius 2 is 1.44 bits per heavy atom. The molecule has 0 bridgehead atoms.